The summed E-state index contributed by atoms with van der Waals surface area (Å²) in [7, 11) is 0. The van der Waals surface area contributed by atoms with E-state index < -0.39 is 18.4 Å². The molecule has 4 aliphatic rings. The Kier molecular flexibility index (Phi) is 3.19. The highest BCUT2D eigenvalue weighted by Gasteiger charge is 2.65. The van der Waals surface area contributed by atoms with Crippen molar-refractivity contribution in [3.63, 3.8) is 0 Å². The molecule has 1 saturated carbocycles. The molecule has 0 aromatic heterocycles. The summed E-state index contributed by atoms with van der Waals surface area (Å²) in [6.07, 6.45) is 2.98. The van der Waals surface area contributed by atoms with E-state index in [1.165, 1.54) is 6.42 Å². The van der Waals surface area contributed by atoms with Gasteiger partial charge in [0.15, 0.2) is 12.6 Å². The average molecular weight is 298 g/mol. The van der Waals surface area contributed by atoms with Crippen LogP contribution in [0.2, 0.25) is 0 Å². The number of ether oxygens (including phenoxy) is 2. The minimum Gasteiger partial charge on any atom is -0.368 e. The van der Waals surface area contributed by atoms with Gasteiger partial charge in [-0.3, -0.25) is 0 Å². The molecule has 4 fully saturated rings. The number of aliphatic hydroxyl groups is 1. The molecule has 3 saturated heterocycles. The number of aliphatic hydroxyl groups excluding tert-OH is 1. The normalized spacial score (nSPS) is 60.0. The Labute approximate surface area is 125 Å². The molecule has 120 valence electrons. The summed E-state index contributed by atoms with van der Waals surface area (Å²) in [5.41, 5.74) is -0.190. The van der Waals surface area contributed by atoms with Gasteiger partial charge < -0.3 is 14.6 Å². The first kappa shape index (κ1) is 14.4. The molecule has 2 bridgehead atoms. The highest BCUT2D eigenvalue weighted by atomic mass is 17.2. The standard InChI is InChI=1S/C16H26O5/c1-9-4-5-12-10(2)13(17)19-14-16(12)8-18-21-15(3,20-14)7-6-11(9)16/h9-14,17H,4-8H2,1-3H3/t9-,10-,11+,12+,13?,14-,15-,16?/m1/s1. The Hall–Kier alpha value is -0.200. The molecular formula is C16H26O5. The van der Waals surface area contributed by atoms with Crippen molar-refractivity contribution in [2.75, 3.05) is 6.61 Å². The van der Waals surface area contributed by atoms with Crippen molar-refractivity contribution in [3.8, 4) is 0 Å². The van der Waals surface area contributed by atoms with Crippen LogP contribution in [0.1, 0.15) is 46.5 Å². The van der Waals surface area contributed by atoms with Crippen LogP contribution in [0.3, 0.4) is 0 Å². The van der Waals surface area contributed by atoms with Gasteiger partial charge in [-0.1, -0.05) is 20.3 Å². The minimum atomic E-state index is -0.768. The van der Waals surface area contributed by atoms with E-state index in [4.69, 9.17) is 19.2 Å². The highest BCUT2D eigenvalue weighted by Crippen LogP contribution is 2.62. The molecular weight excluding hydrogens is 272 g/mol. The zero-order valence-corrected chi connectivity index (χ0v) is 13.1. The van der Waals surface area contributed by atoms with E-state index in [9.17, 15) is 5.11 Å². The molecule has 0 radical (unpaired) electrons. The topological polar surface area (TPSA) is 57.2 Å². The zero-order valence-electron chi connectivity index (χ0n) is 13.1. The van der Waals surface area contributed by atoms with Crippen molar-refractivity contribution in [2.24, 2.45) is 29.1 Å². The summed E-state index contributed by atoms with van der Waals surface area (Å²) in [4.78, 5) is 11.1. The molecule has 2 unspecified atom stereocenters. The SMILES string of the molecule is C[C@@H]1CC[C@H]2[C@@H](C)C(O)O[C@@H]3O[C@@]4(C)CC[C@@H]1C32COO4. The summed E-state index contributed by atoms with van der Waals surface area (Å²) >= 11 is 0. The monoisotopic (exact) mass is 298 g/mol. The number of fused-ring (bicyclic) bond motifs is 1. The third-order valence-corrected chi connectivity index (χ3v) is 6.60. The van der Waals surface area contributed by atoms with Gasteiger partial charge in [0.05, 0.1) is 12.0 Å². The van der Waals surface area contributed by atoms with Gasteiger partial charge in [-0.05, 0) is 37.5 Å². The van der Waals surface area contributed by atoms with Gasteiger partial charge in [0.25, 0.3) is 0 Å². The first-order chi connectivity index (χ1) is 9.96. The van der Waals surface area contributed by atoms with Crippen LogP contribution >= 0.6 is 0 Å². The molecule has 3 aliphatic heterocycles. The summed E-state index contributed by atoms with van der Waals surface area (Å²) in [5, 5.41) is 10.3. The van der Waals surface area contributed by atoms with E-state index in [2.05, 4.69) is 13.8 Å². The Morgan fingerprint density at radius 3 is 2.71 bits per heavy atom. The Morgan fingerprint density at radius 1 is 1.10 bits per heavy atom. The molecule has 5 heteroatoms. The van der Waals surface area contributed by atoms with Crippen molar-refractivity contribution < 1.29 is 24.4 Å². The van der Waals surface area contributed by atoms with Gasteiger partial charge in [-0.15, -0.1) is 0 Å². The van der Waals surface area contributed by atoms with Gasteiger partial charge in [0.1, 0.15) is 0 Å². The smallest absolute Gasteiger partial charge is 0.201 e. The molecule has 4 rings (SSSR count). The van der Waals surface area contributed by atoms with Crippen molar-refractivity contribution >= 4 is 0 Å². The van der Waals surface area contributed by atoms with Gasteiger partial charge >= 0.3 is 0 Å². The van der Waals surface area contributed by atoms with E-state index >= 15 is 0 Å². The van der Waals surface area contributed by atoms with Crippen LogP contribution in [-0.4, -0.2) is 30.1 Å². The van der Waals surface area contributed by atoms with Crippen LogP contribution in [0.4, 0.5) is 0 Å². The zero-order chi connectivity index (χ0) is 14.8. The van der Waals surface area contributed by atoms with Crippen LogP contribution in [0.5, 0.6) is 0 Å². The molecule has 21 heavy (non-hydrogen) atoms. The van der Waals surface area contributed by atoms with Gasteiger partial charge in [0, 0.05) is 12.3 Å². The fraction of sp³-hybridized carbons (Fsp3) is 1.00. The Balaban J connectivity index is 1.83. The van der Waals surface area contributed by atoms with Crippen LogP contribution in [0, 0.1) is 29.1 Å². The fourth-order valence-electron chi connectivity index (χ4n) is 5.39. The molecule has 1 N–H and O–H groups in total. The second kappa shape index (κ2) is 4.65. The van der Waals surface area contributed by atoms with Gasteiger partial charge in [-0.2, -0.15) is 0 Å². The molecule has 1 aliphatic carbocycles. The van der Waals surface area contributed by atoms with Crippen molar-refractivity contribution in [1.82, 2.24) is 0 Å². The van der Waals surface area contributed by atoms with Crippen molar-refractivity contribution in [1.29, 1.82) is 0 Å². The second-order valence-electron chi connectivity index (χ2n) is 7.73. The number of hydrogen-bond donors (Lipinski definition) is 1. The van der Waals surface area contributed by atoms with Crippen molar-refractivity contribution in [3.05, 3.63) is 0 Å². The van der Waals surface area contributed by atoms with E-state index in [0.29, 0.717) is 24.4 Å². The highest BCUT2D eigenvalue weighted by molar-refractivity contribution is 5.06. The average Bonchev–Trinajstić information content (AvgIpc) is 2.63. The molecule has 8 atom stereocenters. The third-order valence-electron chi connectivity index (χ3n) is 6.60. The second-order valence-corrected chi connectivity index (χ2v) is 7.73. The number of rotatable bonds is 0. The number of hydrogen-bond acceptors (Lipinski definition) is 5. The summed E-state index contributed by atoms with van der Waals surface area (Å²) in [6, 6.07) is 0. The van der Waals surface area contributed by atoms with E-state index in [1.54, 1.807) is 0 Å². The largest absolute Gasteiger partial charge is 0.368 e. The molecule has 0 amide bonds. The summed E-state index contributed by atoms with van der Waals surface area (Å²) < 4.78 is 12.1. The van der Waals surface area contributed by atoms with Crippen LogP contribution in [0.25, 0.3) is 0 Å². The molecule has 5 nitrogen and oxygen atoms in total. The van der Waals surface area contributed by atoms with E-state index in [1.807, 2.05) is 6.92 Å². The van der Waals surface area contributed by atoms with Crippen LogP contribution in [0.15, 0.2) is 0 Å². The lowest BCUT2D eigenvalue weighted by atomic mass is 9.52. The van der Waals surface area contributed by atoms with Gasteiger partial charge in [0.2, 0.25) is 5.79 Å². The summed E-state index contributed by atoms with van der Waals surface area (Å²) in [5.74, 6) is 0.822. The molecule has 1 spiro atoms. The maximum Gasteiger partial charge on any atom is 0.201 e. The maximum atomic E-state index is 10.3. The predicted octanol–water partition coefficient (Wildman–Crippen LogP) is 2.43. The fourth-order valence-corrected chi connectivity index (χ4v) is 5.39. The molecule has 0 aromatic rings. The van der Waals surface area contributed by atoms with E-state index in [0.717, 1.165) is 19.3 Å². The van der Waals surface area contributed by atoms with Crippen LogP contribution in [-0.2, 0) is 19.2 Å². The lowest BCUT2D eigenvalue weighted by molar-refractivity contribution is -0.428. The predicted molar refractivity (Wildman–Crippen MR) is 73.6 cm³/mol. The summed E-state index contributed by atoms with van der Waals surface area (Å²) in [6.45, 7) is 6.84. The lowest BCUT2D eigenvalue weighted by Crippen LogP contribution is -2.62. The van der Waals surface area contributed by atoms with Crippen LogP contribution < -0.4 is 0 Å². The van der Waals surface area contributed by atoms with E-state index in [-0.39, 0.29) is 11.3 Å². The molecule has 0 aromatic carbocycles. The molecule has 3 heterocycles. The first-order valence-corrected chi connectivity index (χ1v) is 8.28. The Morgan fingerprint density at radius 2 is 1.90 bits per heavy atom. The first-order valence-electron chi connectivity index (χ1n) is 8.28. The minimum absolute atomic E-state index is 0.103. The quantitative estimate of drug-likeness (QED) is 0.696. The van der Waals surface area contributed by atoms with Crippen molar-refractivity contribution in [2.45, 2.75) is 64.8 Å². The van der Waals surface area contributed by atoms with Gasteiger partial charge in [-0.25, -0.2) is 9.78 Å². The maximum absolute atomic E-state index is 10.3. The third kappa shape index (κ3) is 1.88. The lowest BCUT2D eigenvalue weighted by Gasteiger charge is -2.58. The Bertz CT molecular complexity index is 425.